The number of aromatic amines is 1. The monoisotopic (exact) mass is 399 g/mol. The van der Waals surface area contributed by atoms with Crippen LogP contribution in [0.15, 0.2) is 60.7 Å². The van der Waals surface area contributed by atoms with E-state index in [1.54, 1.807) is 11.0 Å². The standard InChI is InChI=1S/C23H21N5O2/c1-23-12-21(23)28(14-24)13-20(23)25-22(29)18-11-17(26-27-18)16-9-5-6-10-19(16)30-15-7-3-2-4-8-15/h2-11,20-21H,12-13H2,1H3,(H,25,29)(H,26,27)/t20-,21-,23?/m1/s1. The molecule has 3 aromatic rings. The SMILES string of the molecule is CC12C[C@H]1N(C#N)C[C@H]2NC(=O)c1cc(-c2ccccc2Oc2ccccc2)n[nH]1. The molecule has 2 aromatic carbocycles. The summed E-state index contributed by atoms with van der Waals surface area (Å²) in [6, 6.07) is 19.0. The molecule has 2 N–H and O–H groups in total. The van der Waals surface area contributed by atoms with Gasteiger partial charge >= 0.3 is 0 Å². The highest BCUT2D eigenvalue weighted by Gasteiger charge is 2.64. The number of aromatic nitrogens is 2. The second kappa shape index (κ2) is 6.92. The largest absolute Gasteiger partial charge is 0.457 e. The van der Waals surface area contributed by atoms with E-state index in [4.69, 9.17) is 4.74 Å². The van der Waals surface area contributed by atoms with Crippen molar-refractivity contribution < 1.29 is 9.53 Å². The Balaban J connectivity index is 1.34. The van der Waals surface area contributed by atoms with E-state index in [1.807, 2.05) is 54.6 Å². The van der Waals surface area contributed by atoms with E-state index in [2.05, 4.69) is 28.6 Å². The van der Waals surface area contributed by atoms with Crippen LogP contribution in [0, 0.1) is 16.9 Å². The summed E-state index contributed by atoms with van der Waals surface area (Å²) in [5.41, 5.74) is 1.79. The molecule has 0 spiro atoms. The number of para-hydroxylation sites is 2. The molecule has 1 aliphatic carbocycles. The highest BCUT2D eigenvalue weighted by Crippen LogP contribution is 2.56. The Hall–Kier alpha value is -3.79. The number of benzene rings is 2. The Morgan fingerprint density at radius 1 is 1.27 bits per heavy atom. The first-order chi connectivity index (χ1) is 14.6. The number of hydrogen-bond acceptors (Lipinski definition) is 5. The van der Waals surface area contributed by atoms with E-state index in [0.29, 0.717) is 23.7 Å². The van der Waals surface area contributed by atoms with Gasteiger partial charge in [0.05, 0.1) is 11.7 Å². The normalized spacial score (nSPS) is 24.1. The molecule has 2 aliphatic rings. The third-order valence-corrected chi connectivity index (χ3v) is 6.18. The maximum atomic E-state index is 12.8. The van der Waals surface area contributed by atoms with Crippen molar-refractivity contribution >= 4 is 5.91 Å². The van der Waals surface area contributed by atoms with Gasteiger partial charge in [-0.3, -0.25) is 9.89 Å². The van der Waals surface area contributed by atoms with E-state index in [1.165, 1.54) is 0 Å². The van der Waals surface area contributed by atoms with E-state index < -0.39 is 0 Å². The summed E-state index contributed by atoms with van der Waals surface area (Å²) in [5.74, 6) is 1.18. The number of likely N-dealkylation sites (tertiary alicyclic amines) is 1. The fraction of sp³-hybridized carbons (Fsp3) is 0.261. The number of rotatable bonds is 5. The summed E-state index contributed by atoms with van der Waals surface area (Å²) in [5, 5.41) is 19.5. The third kappa shape index (κ3) is 3.07. The van der Waals surface area contributed by atoms with Crippen LogP contribution >= 0.6 is 0 Å². The van der Waals surface area contributed by atoms with Crippen molar-refractivity contribution in [3.8, 4) is 28.9 Å². The molecule has 1 saturated carbocycles. The summed E-state index contributed by atoms with van der Waals surface area (Å²) in [6.45, 7) is 2.67. The van der Waals surface area contributed by atoms with E-state index in [9.17, 15) is 10.1 Å². The Bertz CT molecular complexity index is 1140. The van der Waals surface area contributed by atoms with Crippen LogP contribution in [-0.4, -0.2) is 39.6 Å². The highest BCUT2D eigenvalue weighted by molar-refractivity contribution is 5.94. The van der Waals surface area contributed by atoms with Gasteiger partial charge in [0.2, 0.25) is 0 Å². The maximum Gasteiger partial charge on any atom is 0.269 e. The van der Waals surface area contributed by atoms with Gasteiger partial charge in [-0.15, -0.1) is 0 Å². The zero-order valence-corrected chi connectivity index (χ0v) is 16.5. The topological polar surface area (TPSA) is 94.0 Å². The van der Waals surface area contributed by atoms with Gasteiger partial charge in [0.1, 0.15) is 17.2 Å². The predicted molar refractivity (Wildman–Crippen MR) is 111 cm³/mol. The molecule has 1 amide bonds. The first-order valence-corrected chi connectivity index (χ1v) is 9.93. The van der Waals surface area contributed by atoms with Crippen molar-refractivity contribution in [2.24, 2.45) is 5.41 Å². The van der Waals surface area contributed by atoms with Crippen LogP contribution in [0.2, 0.25) is 0 Å². The first-order valence-electron chi connectivity index (χ1n) is 9.93. The number of nitriles is 1. The summed E-state index contributed by atoms with van der Waals surface area (Å²) < 4.78 is 6.01. The minimum absolute atomic E-state index is 0.0234. The average molecular weight is 399 g/mol. The van der Waals surface area contributed by atoms with Crippen LogP contribution < -0.4 is 10.1 Å². The first kappa shape index (κ1) is 18.3. The number of H-pyrrole nitrogens is 1. The molecule has 7 nitrogen and oxygen atoms in total. The number of fused-ring (bicyclic) bond motifs is 1. The second-order valence-corrected chi connectivity index (χ2v) is 8.08. The van der Waals surface area contributed by atoms with E-state index in [0.717, 1.165) is 17.7 Å². The van der Waals surface area contributed by atoms with Gasteiger partial charge in [-0.1, -0.05) is 37.3 Å². The summed E-state index contributed by atoms with van der Waals surface area (Å²) in [4.78, 5) is 14.6. The number of hydrogen-bond donors (Lipinski definition) is 2. The minimum Gasteiger partial charge on any atom is -0.457 e. The quantitative estimate of drug-likeness (QED) is 0.640. The fourth-order valence-corrected chi connectivity index (χ4v) is 4.25. The zero-order valence-electron chi connectivity index (χ0n) is 16.5. The zero-order chi connectivity index (χ0) is 20.7. The van der Waals surface area contributed by atoms with E-state index in [-0.39, 0.29) is 23.4 Å². The molecule has 0 bridgehead atoms. The fourth-order valence-electron chi connectivity index (χ4n) is 4.25. The number of carbonyl (C=O) groups is 1. The lowest BCUT2D eigenvalue weighted by molar-refractivity contribution is 0.0919. The van der Waals surface area contributed by atoms with Gasteiger partial charge in [-0.2, -0.15) is 10.4 Å². The maximum absolute atomic E-state index is 12.8. The number of amides is 1. The lowest BCUT2D eigenvalue weighted by Crippen LogP contribution is -2.42. The molecule has 30 heavy (non-hydrogen) atoms. The van der Waals surface area contributed by atoms with Crippen LogP contribution in [0.4, 0.5) is 0 Å². The molecule has 1 unspecified atom stereocenters. The molecule has 1 aromatic heterocycles. The van der Waals surface area contributed by atoms with Crippen LogP contribution in [-0.2, 0) is 0 Å². The second-order valence-electron chi connectivity index (χ2n) is 8.08. The summed E-state index contributed by atoms with van der Waals surface area (Å²) in [6.07, 6.45) is 3.16. The Labute approximate surface area is 174 Å². The number of nitrogens with one attached hydrogen (secondary N) is 2. The molecule has 2 fully saturated rings. The molecule has 3 atom stereocenters. The smallest absolute Gasteiger partial charge is 0.269 e. The molecule has 5 rings (SSSR count). The van der Waals surface area contributed by atoms with Crippen molar-refractivity contribution in [3.05, 3.63) is 66.4 Å². The third-order valence-electron chi connectivity index (χ3n) is 6.18. The van der Waals surface area contributed by atoms with Crippen LogP contribution in [0.1, 0.15) is 23.8 Å². The number of carbonyl (C=O) groups excluding carboxylic acids is 1. The Morgan fingerprint density at radius 3 is 2.80 bits per heavy atom. The molecule has 0 radical (unpaired) electrons. The molecular formula is C23H21N5O2. The lowest BCUT2D eigenvalue weighted by atomic mass is 10.0. The summed E-state index contributed by atoms with van der Waals surface area (Å²) in [7, 11) is 0. The van der Waals surface area contributed by atoms with E-state index >= 15 is 0 Å². The number of piperidine rings is 1. The van der Waals surface area contributed by atoms with Crippen molar-refractivity contribution in [3.63, 3.8) is 0 Å². The van der Waals surface area contributed by atoms with Crippen molar-refractivity contribution in [1.29, 1.82) is 5.26 Å². The average Bonchev–Trinajstić information content (AvgIpc) is 3.11. The Morgan fingerprint density at radius 2 is 2.03 bits per heavy atom. The molecule has 2 heterocycles. The van der Waals surface area contributed by atoms with Gasteiger partial charge < -0.3 is 15.0 Å². The molecule has 7 heteroatoms. The van der Waals surface area contributed by atoms with Gasteiger partial charge in [0, 0.05) is 23.6 Å². The summed E-state index contributed by atoms with van der Waals surface area (Å²) >= 11 is 0. The van der Waals surface area contributed by atoms with Crippen LogP contribution in [0.3, 0.4) is 0 Å². The van der Waals surface area contributed by atoms with Gasteiger partial charge in [0.25, 0.3) is 5.91 Å². The predicted octanol–water partition coefficient (Wildman–Crippen LogP) is 3.54. The molecule has 150 valence electrons. The molecular weight excluding hydrogens is 378 g/mol. The van der Waals surface area contributed by atoms with Gasteiger partial charge in [-0.05, 0) is 36.8 Å². The highest BCUT2D eigenvalue weighted by atomic mass is 16.5. The molecule has 1 saturated heterocycles. The number of nitrogens with zero attached hydrogens (tertiary/aromatic N) is 3. The lowest BCUT2D eigenvalue weighted by Gasteiger charge is -2.19. The van der Waals surface area contributed by atoms with Crippen molar-refractivity contribution in [1.82, 2.24) is 20.4 Å². The van der Waals surface area contributed by atoms with Crippen molar-refractivity contribution in [2.75, 3.05) is 6.54 Å². The van der Waals surface area contributed by atoms with Crippen LogP contribution in [0.25, 0.3) is 11.3 Å². The number of ether oxygens (including phenoxy) is 1. The minimum atomic E-state index is -0.216. The van der Waals surface area contributed by atoms with Gasteiger partial charge in [-0.25, -0.2) is 0 Å². The molecule has 1 aliphatic heterocycles. The Kier molecular flexibility index (Phi) is 4.21. The van der Waals surface area contributed by atoms with Gasteiger partial charge in [0.15, 0.2) is 6.19 Å². The van der Waals surface area contributed by atoms with Crippen LogP contribution in [0.5, 0.6) is 11.5 Å². The van der Waals surface area contributed by atoms with Crippen molar-refractivity contribution in [2.45, 2.75) is 25.4 Å².